The Balaban J connectivity index is 1.85. The molecule has 0 aliphatic carbocycles. The SMILES string of the molecule is O=C(Cc1ccc2[nH]ncc2c1)c1cccc(C(F)(F)F)n1. The molecule has 2 aromatic heterocycles. The molecule has 112 valence electrons. The summed E-state index contributed by atoms with van der Waals surface area (Å²) >= 11 is 0. The monoisotopic (exact) mass is 305 g/mol. The maximum atomic E-state index is 12.6. The summed E-state index contributed by atoms with van der Waals surface area (Å²) < 4.78 is 37.8. The minimum atomic E-state index is -4.56. The number of halogens is 3. The molecule has 2 heterocycles. The Bertz CT molecular complexity index is 839. The zero-order chi connectivity index (χ0) is 15.7. The summed E-state index contributed by atoms with van der Waals surface area (Å²) in [4.78, 5) is 15.5. The number of benzene rings is 1. The Morgan fingerprint density at radius 2 is 2.00 bits per heavy atom. The molecule has 4 nitrogen and oxygen atoms in total. The predicted molar refractivity (Wildman–Crippen MR) is 73.4 cm³/mol. The van der Waals surface area contributed by atoms with Crippen LogP contribution in [0.3, 0.4) is 0 Å². The van der Waals surface area contributed by atoms with Gasteiger partial charge >= 0.3 is 6.18 Å². The molecule has 0 spiro atoms. The molecule has 3 rings (SSSR count). The predicted octanol–water partition coefficient (Wildman–Crippen LogP) is 3.40. The van der Waals surface area contributed by atoms with Crippen molar-refractivity contribution in [3.63, 3.8) is 0 Å². The van der Waals surface area contributed by atoms with Crippen LogP contribution in [0.25, 0.3) is 10.9 Å². The van der Waals surface area contributed by atoms with E-state index in [1.807, 2.05) is 0 Å². The van der Waals surface area contributed by atoms with Crippen molar-refractivity contribution >= 4 is 16.7 Å². The third kappa shape index (κ3) is 2.83. The van der Waals surface area contributed by atoms with Gasteiger partial charge in [0.05, 0.1) is 11.7 Å². The van der Waals surface area contributed by atoms with Gasteiger partial charge in [-0.3, -0.25) is 9.89 Å². The molecule has 1 aromatic carbocycles. The fourth-order valence-electron chi connectivity index (χ4n) is 2.13. The van der Waals surface area contributed by atoms with Gasteiger partial charge in [0.15, 0.2) is 5.78 Å². The zero-order valence-electron chi connectivity index (χ0n) is 11.2. The van der Waals surface area contributed by atoms with Crippen molar-refractivity contribution in [3.05, 3.63) is 59.5 Å². The number of carbonyl (C=O) groups is 1. The molecule has 0 unspecified atom stereocenters. The highest BCUT2D eigenvalue weighted by Gasteiger charge is 2.32. The van der Waals surface area contributed by atoms with E-state index in [0.717, 1.165) is 17.0 Å². The van der Waals surface area contributed by atoms with E-state index in [4.69, 9.17) is 0 Å². The maximum absolute atomic E-state index is 12.6. The first-order chi connectivity index (χ1) is 10.4. The lowest BCUT2D eigenvalue weighted by Gasteiger charge is -2.07. The number of nitrogens with one attached hydrogen (secondary N) is 1. The largest absolute Gasteiger partial charge is 0.433 e. The van der Waals surface area contributed by atoms with E-state index < -0.39 is 17.7 Å². The lowest BCUT2D eigenvalue weighted by Crippen LogP contribution is -2.13. The van der Waals surface area contributed by atoms with Gasteiger partial charge in [-0.2, -0.15) is 18.3 Å². The van der Waals surface area contributed by atoms with Gasteiger partial charge in [-0.25, -0.2) is 4.98 Å². The van der Waals surface area contributed by atoms with Crippen molar-refractivity contribution in [1.82, 2.24) is 15.2 Å². The third-order valence-corrected chi connectivity index (χ3v) is 3.19. The van der Waals surface area contributed by atoms with Crippen molar-refractivity contribution in [2.24, 2.45) is 0 Å². The average Bonchev–Trinajstić information content (AvgIpc) is 2.94. The molecule has 1 N–H and O–H groups in total. The summed E-state index contributed by atoms with van der Waals surface area (Å²) in [5.41, 5.74) is 0.261. The summed E-state index contributed by atoms with van der Waals surface area (Å²) in [5.74, 6) is -0.464. The first-order valence-corrected chi connectivity index (χ1v) is 6.43. The number of alkyl halides is 3. The first kappa shape index (κ1) is 14.2. The number of H-pyrrole nitrogens is 1. The van der Waals surface area contributed by atoms with Crippen LogP contribution in [0.15, 0.2) is 42.6 Å². The molecule has 22 heavy (non-hydrogen) atoms. The van der Waals surface area contributed by atoms with Gasteiger partial charge in [-0.05, 0) is 29.8 Å². The van der Waals surface area contributed by atoms with Crippen LogP contribution in [0.2, 0.25) is 0 Å². The standard InChI is InChI=1S/C15H10F3N3O/c16-15(17,18)14-3-1-2-12(20-14)13(22)7-9-4-5-11-10(6-9)8-19-21-11/h1-6,8H,7H2,(H,19,21). The second kappa shape index (κ2) is 5.25. The topological polar surface area (TPSA) is 58.6 Å². The molecule has 7 heteroatoms. The highest BCUT2D eigenvalue weighted by molar-refractivity contribution is 5.96. The number of hydrogen-bond donors (Lipinski definition) is 1. The van der Waals surface area contributed by atoms with E-state index >= 15 is 0 Å². The van der Waals surface area contributed by atoms with Gasteiger partial charge < -0.3 is 0 Å². The molecule has 0 saturated heterocycles. The number of aromatic amines is 1. The van der Waals surface area contributed by atoms with Gasteiger partial charge in [0.2, 0.25) is 0 Å². The molecule has 0 fully saturated rings. The number of fused-ring (bicyclic) bond motifs is 1. The zero-order valence-corrected chi connectivity index (χ0v) is 11.2. The van der Waals surface area contributed by atoms with E-state index in [2.05, 4.69) is 15.2 Å². The normalized spacial score (nSPS) is 11.8. The van der Waals surface area contributed by atoms with E-state index in [9.17, 15) is 18.0 Å². The quantitative estimate of drug-likeness (QED) is 0.754. The average molecular weight is 305 g/mol. The minimum absolute atomic E-state index is 0.0184. The maximum Gasteiger partial charge on any atom is 0.433 e. The van der Waals surface area contributed by atoms with Gasteiger partial charge in [-0.1, -0.05) is 12.1 Å². The summed E-state index contributed by atoms with van der Waals surface area (Å²) in [6.45, 7) is 0. The van der Waals surface area contributed by atoms with Crippen LogP contribution < -0.4 is 0 Å². The second-order valence-electron chi connectivity index (χ2n) is 4.80. The number of rotatable bonds is 3. The van der Waals surface area contributed by atoms with Gasteiger partial charge in [-0.15, -0.1) is 0 Å². The van der Waals surface area contributed by atoms with Crippen molar-refractivity contribution in [1.29, 1.82) is 0 Å². The van der Waals surface area contributed by atoms with Crippen molar-refractivity contribution < 1.29 is 18.0 Å². The Hall–Kier alpha value is -2.70. The molecular formula is C15H10F3N3O. The van der Waals surface area contributed by atoms with Crippen LogP contribution >= 0.6 is 0 Å². The van der Waals surface area contributed by atoms with Gasteiger partial charge in [0.25, 0.3) is 0 Å². The smallest absolute Gasteiger partial charge is 0.292 e. The molecule has 0 saturated carbocycles. The lowest BCUT2D eigenvalue weighted by atomic mass is 10.0. The molecule has 0 atom stereocenters. The Kier molecular flexibility index (Phi) is 3.40. The number of Topliss-reactive ketones (excluding diaryl/α,β-unsaturated/α-hetero) is 1. The van der Waals surface area contributed by atoms with E-state index in [1.54, 1.807) is 24.4 Å². The van der Waals surface area contributed by atoms with Crippen molar-refractivity contribution in [2.75, 3.05) is 0 Å². The molecule has 0 aliphatic rings. The van der Waals surface area contributed by atoms with Crippen LogP contribution in [0, 0.1) is 0 Å². The van der Waals surface area contributed by atoms with Crippen LogP contribution in [-0.4, -0.2) is 21.0 Å². The molecular weight excluding hydrogens is 295 g/mol. The van der Waals surface area contributed by atoms with Crippen LogP contribution in [0.1, 0.15) is 21.7 Å². The molecule has 0 bridgehead atoms. The number of nitrogens with zero attached hydrogens (tertiary/aromatic N) is 2. The molecule has 3 aromatic rings. The summed E-state index contributed by atoms with van der Waals surface area (Å²) in [5, 5.41) is 7.49. The number of aromatic nitrogens is 3. The van der Waals surface area contributed by atoms with E-state index in [1.165, 1.54) is 12.1 Å². The fourth-order valence-corrected chi connectivity index (χ4v) is 2.13. The Labute approximate surface area is 123 Å². The number of hydrogen-bond acceptors (Lipinski definition) is 3. The Morgan fingerprint density at radius 1 is 1.18 bits per heavy atom. The van der Waals surface area contributed by atoms with E-state index in [-0.39, 0.29) is 12.1 Å². The van der Waals surface area contributed by atoms with Crippen LogP contribution in [0.4, 0.5) is 13.2 Å². The number of pyridine rings is 1. The third-order valence-electron chi connectivity index (χ3n) is 3.19. The van der Waals surface area contributed by atoms with Crippen molar-refractivity contribution in [2.45, 2.75) is 12.6 Å². The van der Waals surface area contributed by atoms with E-state index in [0.29, 0.717) is 5.56 Å². The molecule has 0 amide bonds. The first-order valence-electron chi connectivity index (χ1n) is 6.43. The summed E-state index contributed by atoms with van der Waals surface area (Å²) in [7, 11) is 0. The number of carbonyl (C=O) groups excluding carboxylic acids is 1. The van der Waals surface area contributed by atoms with Gasteiger partial charge in [0.1, 0.15) is 11.4 Å². The molecule has 0 aliphatic heterocycles. The second-order valence-corrected chi connectivity index (χ2v) is 4.80. The highest BCUT2D eigenvalue weighted by atomic mass is 19.4. The van der Waals surface area contributed by atoms with Gasteiger partial charge in [0, 0.05) is 11.8 Å². The minimum Gasteiger partial charge on any atom is -0.292 e. The van der Waals surface area contributed by atoms with Crippen LogP contribution in [-0.2, 0) is 12.6 Å². The molecule has 0 radical (unpaired) electrons. The summed E-state index contributed by atoms with van der Waals surface area (Å²) in [6.07, 6.45) is -2.97. The Morgan fingerprint density at radius 3 is 2.77 bits per heavy atom. The lowest BCUT2D eigenvalue weighted by molar-refractivity contribution is -0.141. The number of ketones is 1. The fraction of sp³-hybridized carbons (Fsp3) is 0.133. The summed E-state index contributed by atoms with van der Waals surface area (Å²) in [6, 6.07) is 8.57. The highest BCUT2D eigenvalue weighted by Crippen LogP contribution is 2.27. The van der Waals surface area contributed by atoms with Crippen molar-refractivity contribution in [3.8, 4) is 0 Å². The van der Waals surface area contributed by atoms with Crippen LogP contribution in [0.5, 0.6) is 0 Å².